The number of rotatable bonds is 3. The maximum atomic E-state index is 13.3. The Morgan fingerprint density at radius 3 is 2.72 bits per heavy atom. The van der Waals surface area contributed by atoms with Gasteiger partial charge in [-0.3, -0.25) is 14.6 Å². The molecule has 0 bridgehead atoms. The van der Waals surface area contributed by atoms with Crippen molar-refractivity contribution in [2.24, 2.45) is 0 Å². The van der Waals surface area contributed by atoms with E-state index in [2.05, 4.69) is 25.9 Å². The van der Waals surface area contributed by atoms with E-state index in [1.54, 1.807) is 34.7 Å². The largest absolute Gasteiger partial charge is 0.368 e. The molecule has 1 aliphatic rings. The van der Waals surface area contributed by atoms with Gasteiger partial charge in [-0.15, -0.1) is 11.3 Å². The number of amides is 1. The average molecular weight is 443 g/mol. The second-order valence-corrected chi connectivity index (χ2v) is 8.28. The van der Waals surface area contributed by atoms with Gasteiger partial charge in [0.2, 0.25) is 0 Å². The first kappa shape index (κ1) is 19.9. The summed E-state index contributed by atoms with van der Waals surface area (Å²) in [4.78, 5) is 41.4. The van der Waals surface area contributed by atoms with Gasteiger partial charge in [-0.2, -0.15) is 5.26 Å². The first-order valence-corrected chi connectivity index (χ1v) is 11.0. The van der Waals surface area contributed by atoms with Gasteiger partial charge >= 0.3 is 0 Å². The van der Waals surface area contributed by atoms with Crippen molar-refractivity contribution in [2.45, 2.75) is 0 Å². The number of pyridine rings is 1. The van der Waals surface area contributed by atoms with Crippen LogP contribution in [0.25, 0.3) is 21.7 Å². The molecule has 1 fully saturated rings. The SMILES string of the molecule is N#Cc1cccc(N2CCN(C(=O)c3csc4c(=O)[nH]c(-c5ccccn5)nc34)CC2)c1. The molecule has 1 N–H and O–H groups in total. The number of hydrogen-bond donors (Lipinski definition) is 1. The number of aromatic amines is 1. The van der Waals surface area contributed by atoms with Gasteiger partial charge in [-0.25, -0.2) is 4.98 Å². The molecule has 0 spiro atoms. The number of anilines is 1. The molecular formula is C23H18N6O2S. The molecule has 3 aromatic heterocycles. The number of benzene rings is 1. The van der Waals surface area contributed by atoms with Gasteiger partial charge in [0.05, 0.1) is 17.2 Å². The van der Waals surface area contributed by atoms with Gasteiger partial charge in [0, 0.05) is 43.4 Å². The van der Waals surface area contributed by atoms with Gasteiger partial charge in [-0.05, 0) is 30.3 Å². The summed E-state index contributed by atoms with van der Waals surface area (Å²) in [5, 5.41) is 10.8. The lowest BCUT2D eigenvalue weighted by molar-refractivity contribution is 0.0749. The molecule has 158 valence electrons. The number of piperazine rings is 1. The Bertz CT molecular complexity index is 1400. The third-order valence-electron chi connectivity index (χ3n) is 5.47. The Kier molecular flexibility index (Phi) is 5.13. The van der Waals surface area contributed by atoms with Crippen molar-refractivity contribution in [1.29, 1.82) is 5.26 Å². The van der Waals surface area contributed by atoms with Crippen molar-refractivity contribution in [3.8, 4) is 17.6 Å². The Morgan fingerprint density at radius 1 is 1.12 bits per heavy atom. The summed E-state index contributed by atoms with van der Waals surface area (Å²) >= 11 is 1.22. The lowest BCUT2D eigenvalue weighted by Gasteiger charge is -2.36. The molecule has 4 heterocycles. The third kappa shape index (κ3) is 3.61. The van der Waals surface area contributed by atoms with Crippen LogP contribution < -0.4 is 10.5 Å². The van der Waals surface area contributed by atoms with E-state index >= 15 is 0 Å². The number of nitrogens with one attached hydrogen (secondary N) is 1. The Balaban J connectivity index is 1.39. The summed E-state index contributed by atoms with van der Waals surface area (Å²) in [6.07, 6.45) is 1.63. The molecule has 32 heavy (non-hydrogen) atoms. The minimum atomic E-state index is -0.276. The zero-order chi connectivity index (χ0) is 22.1. The highest BCUT2D eigenvalue weighted by Gasteiger charge is 2.26. The van der Waals surface area contributed by atoms with Crippen LogP contribution in [0, 0.1) is 11.3 Å². The highest BCUT2D eigenvalue weighted by Crippen LogP contribution is 2.25. The molecule has 4 aromatic rings. The van der Waals surface area contributed by atoms with Crippen LogP contribution in [0.3, 0.4) is 0 Å². The summed E-state index contributed by atoms with van der Waals surface area (Å²) < 4.78 is 0.431. The van der Waals surface area contributed by atoms with Crippen molar-refractivity contribution >= 4 is 33.1 Å². The van der Waals surface area contributed by atoms with Gasteiger partial charge in [0.15, 0.2) is 5.82 Å². The number of thiophene rings is 1. The minimum absolute atomic E-state index is 0.133. The summed E-state index contributed by atoms with van der Waals surface area (Å²) in [5.41, 5.74) is 2.71. The van der Waals surface area contributed by atoms with Crippen LogP contribution in [0.5, 0.6) is 0 Å². The highest BCUT2D eigenvalue weighted by molar-refractivity contribution is 7.17. The smallest absolute Gasteiger partial charge is 0.269 e. The third-order valence-corrected chi connectivity index (χ3v) is 6.44. The maximum absolute atomic E-state index is 13.3. The van der Waals surface area contributed by atoms with Gasteiger partial charge in [-0.1, -0.05) is 12.1 Å². The first-order chi connectivity index (χ1) is 15.6. The van der Waals surface area contributed by atoms with E-state index in [0.717, 1.165) is 5.69 Å². The molecule has 0 radical (unpaired) electrons. The number of nitrogens with zero attached hydrogens (tertiary/aromatic N) is 5. The molecule has 1 aromatic carbocycles. The zero-order valence-electron chi connectivity index (χ0n) is 17.0. The zero-order valence-corrected chi connectivity index (χ0v) is 17.8. The van der Waals surface area contributed by atoms with E-state index in [1.807, 2.05) is 24.3 Å². The number of H-pyrrole nitrogens is 1. The van der Waals surface area contributed by atoms with Crippen LogP contribution in [0.2, 0.25) is 0 Å². The van der Waals surface area contributed by atoms with Crippen LogP contribution in [0.1, 0.15) is 15.9 Å². The fraction of sp³-hybridized carbons (Fsp3) is 0.174. The van der Waals surface area contributed by atoms with Crippen molar-refractivity contribution < 1.29 is 4.79 Å². The molecule has 8 nitrogen and oxygen atoms in total. The topological polar surface area (TPSA) is 106 Å². The monoisotopic (exact) mass is 442 g/mol. The van der Waals surface area contributed by atoms with Crippen LogP contribution in [0.4, 0.5) is 5.69 Å². The van der Waals surface area contributed by atoms with Crippen molar-refractivity contribution in [2.75, 3.05) is 31.1 Å². The van der Waals surface area contributed by atoms with E-state index in [-0.39, 0.29) is 11.5 Å². The quantitative estimate of drug-likeness (QED) is 0.523. The van der Waals surface area contributed by atoms with Gasteiger partial charge in [0.25, 0.3) is 11.5 Å². The van der Waals surface area contributed by atoms with Gasteiger partial charge in [0.1, 0.15) is 15.9 Å². The van der Waals surface area contributed by atoms with Crippen molar-refractivity contribution in [1.82, 2.24) is 19.9 Å². The average Bonchev–Trinajstić information content (AvgIpc) is 3.29. The molecule has 1 aliphatic heterocycles. The summed E-state index contributed by atoms with van der Waals surface area (Å²) in [5.74, 6) is 0.212. The Morgan fingerprint density at radius 2 is 1.97 bits per heavy atom. The molecule has 0 unspecified atom stereocenters. The molecule has 9 heteroatoms. The second kappa shape index (κ2) is 8.24. The molecule has 1 saturated heterocycles. The number of carbonyl (C=O) groups is 1. The lowest BCUT2D eigenvalue weighted by Crippen LogP contribution is -2.48. The first-order valence-electron chi connectivity index (χ1n) is 10.1. The number of nitriles is 1. The second-order valence-electron chi connectivity index (χ2n) is 7.40. The lowest BCUT2D eigenvalue weighted by atomic mass is 10.1. The molecule has 0 atom stereocenters. The summed E-state index contributed by atoms with van der Waals surface area (Å²) in [6, 6.07) is 15.0. The molecular weight excluding hydrogens is 424 g/mol. The highest BCUT2D eigenvalue weighted by atomic mass is 32.1. The predicted octanol–water partition coefficient (Wildman–Crippen LogP) is 2.88. The number of aromatic nitrogens is 3. The van der Waals surface area contributed by atoms with E-state index in [4.69, 9.17) is 5.26 Å². The normalized spacial score (nSPS) is 13.8. The molecule has 0 aliphatic carbocycles. The van der Waals surface area contributed by atoms with E-state index < -0.39 is 0 Å². The summed E-state index contributed by atoms with van der Waals surface area (Å²) in [7, 11) is 0. The Labute approximate surface area is 187 Å². The standard InChI is InChI=1S/C23H18N6O2S/c24-13-15-4-3-5-16(12-15)28-8-10-29(11-9-28)23(31)17-14-32-20-19(17)26-21(27-22(20)30)18-6-1-2-7-25-18/h1-7,12,14H,8-11H2,(H,26,27,30). The predicted molar refractivity (Wildman–Crippen MR) is 123 cm³/mol. The number of hydrogen-bond acceptors (Lipinski definition) is 7. The van der Waals surface area contributed by atoms with Crippen LogP contribution in [-0.4, -0.2) is 51.9 Å². The van der Waals surface area contributed by atoms with Crippen LogP contribution in [-0.2, 0) is 0 Å². The number of carbonyl (C=O) groups excluding carboxylic acids is 1. The number of fused-ring (bicyclic) bond motifs is 1. The van der Waals surface area contributed by atoms with E-state index in [1.165, 1.54) is 11.3 Å². The molecule has 0 saturated carbocycles. The van der Waals surface area contributed by atoms with E-state index in [0.29, 0.717) is 59.0 Å². The van der Waals surface area contributed by atoms with Crippen LogP contribution >= 0.6 is 11.3 Å². The van der Waals surface area contributed by atoms with E-state index in [9.17, 15) is 9.59 Å². The molecule has 5 rings (SSSR count). The van der Waals surface area contributed by atoms with Crippen LogP contribution in [0.15, 0.2) is 58.8 Å². The minimum Gasteiger partial charge on any atom is -0.368 e. The Hall–Kier alpha value is -4.03. The van der Waals surface area contributed by atoms with Crippen molar-refractivity contribution in [3.05, 3.63) is 75.5 Å². The molecule has 1 amide bonds. The summed E-state index contributed by atoms with van der Waals surface area (Å²) in [6.45, 7) is 2.41. The fourth-order valence-corrected chi connectivity index (χ4v) is 4.69. The van der Waals surface area contributed by atoms with Gasteiger partial charge < -0.3 is 14.8 Å². The maximum Gasteiger partial charge on any atom is 0.269 e. The fourth-order valence-electron chi connectivity index (χ4n) is 3.81. The van der Waals surface area contributed by atoms with Crippen molar-refractivity contribution in [3.63, 3.8) is 0 Å².